The van der Waals surface area contributed by atoms with Crippen LogP contribution in [0.2, 0.25) is 0 Å². The number of rotatable bonds is 18. The maximum atomic E-state index is 4.05. The summed E-state index contributed by atoms with van der Waals surface area (Å²) in [5, 5.41) is 0. The Hall–Kier alpha value is 0. The van der Waals surface area contributed by atoms with Crippen LogP contribution in [0.3, 0.4) is 0 Å². The third-order valence-corrected chi connectivity index (χ3v) is 4.98. The first-order chi connectivity index (χ1) is 11.1. The molecule has 139 valence electrons. The lowest BCUT2D eigenvalue weighted by Crippen LogP contribution is -1.88. The molecule has 0 heteroatoms. The molecule has 0 bridgehead atoms. The second-order valence-electron chi connectivity index (χ2n) is 8.38. The van der Waals surface area contributed by atoms with E-state index < -0.39 is 0 Å². The lowest BCUT2D eigenvalue weighted by atomic mass is 10.0. The van der Waals surface area contributed by atoms with E-state index in [0.717, 1.165) is 5.92 Å². The van der Waals surface area contributed by atoms with Gasteiger partial charge in [0.25, 0.3) is 0 Å². The summed E-state index contributed by atoms with van der Waals surface area (Å²) in [7, 11) is 0. The summed E-state index contributed by atoms with van der Waals surface area (Å²) < 4.78 is 0. The van der Waals surface area contributed by atoms with Crippen LogP contribution in [-0.4, -0.2) is 0 Å². The highest BCUT2D eigenvalue weighted by molar-refractivity contribution is 4.55. The van der Waals surface area contributed by atoms with E-state index in [0.29, 0.717) is 5.92 Å². The Morgan fingerprint density at radius 3 is 0.957 bits per heavy atom. The van der Waals surface area contributed by atoms with Gasteiger partial charge < -0.3 is 0 Å². The number of hydrogen-bond donors (Lipinski definition) is 0. The summed E-state index contributed by atoms with van der Waals surface area (Å²) in [5.74, 6) is 1.54. The molecule has 0 saturated heterocycles. The Bertz CT molecular complexity index is 182. The van der Waals surface area contributed by atoms with Crippen LogP contribution in [-0.2, 0) is 0 Å². The molecule has 0 aliphatic carbocycles. The second-order valence-corrected chi connectivity index (χ2v) is 8.38. The van der Waals surface area contributed by atoms with Gasteiger partial charge in [0.1, 0.15) is 0 Å². The molecular formula is C23H47. The summed E-state index contributed by atoms with van der Waals surface area (Å²) in [6, 6.07) is 0. The molecule has 0 saturated carbocycles. The van der Waals surface area contributed by atoms with Crippen LogP contribution in [0.1, 0.15) is 130 Å². The molecule has 0 aliphatic heterocycles. The van der Waals surface area contributed by atoms with Gasteiger partial charge in [0.15, 0.2) is 0 Å². The smallest absolute Gasteiger partial charge is 0.0443 e. The Balaban J connectivity index is 2.97. The monoisotopic (exact) mass is 323 g/mol. The number of hydrogen-bond acceptors (Lipinski definition) is 0. The summed E-state index contributed by atoms with van der Waals surface area (Å²) >= 11 is 0. The van der Waals surface area contributed by atoms with E-state index in [4.69, 9.17) is 0 Å². The molecule has 0 rings (SSSR count). The molecule has 0 aromatic carbocycles. The van der Waals surface area contributed by atoms with Crippen molar-refractivity contribution in [1.82, 2.24) is 0 Å². The van der Waals surface area contributed by atoms with Crippen LogP contribution in [0.5, 0.6) is 0 Å². The summed E-state index contributed by atoms with van der Waals surface area (Å²) in [6.45, 7) is 11.0. The van der Waals surface area contributed by atoms with Crippen molar-refractivity contribution in [3.05, 3.63) is 6.92 Å². The van der Waals surface area contributed by atoms with Crippen LogP contribution in [0, 0.1) is 18.8 Å². The first-order valence-corrected chi connectivity index (χ1v) is 11.0. The molecular weight excluding hydrogens is 276 g/mol. The first kappa shape index (κ1) is 23.0. The van der Waals surface area contributed by atoms with Crippen molar-refractivity contribution < 1.29 is 0 Å². The molecule has 0 nitrogen and oxygen atoms in total. The highest BCUT2D eigenvalue weighted by Crippen LogP contribution is 2.15. The number of unbranched alkanes of at least 4 members (excludes halogenated alkanes) is 14. The third-order valence-electron chi connectivity index (χ3n) is 4.98. The van der Waals surface area contributed by atoms with Gasteiger partial charge in [-0.15, -0.1) is 0 Å². The van der Waals surface area contributed by atoms with Crippen molar-refractivity contribution in [2.45, 2.75) is 130 Å². The van der Waals surface area contributed by atoms with Crippen molar-refractivity contribution in [2.75, 3.05) is 0 Å². The van der Waals surface area contributed by atoms with E-state index >= 15 is 0 Å². The predicted molar refractivity (Wildman–Crippen MR) is 108 cm³/mol. The van der Waals surface area contributed by atoms with Gasteiger partial charge in [0.2, 0.25) is 0 Å². The van der Waals surface area contributed by atoms with Crippen LogP contribution < -0.4 is 0 Å². The SMILES string of the molecule is [CH2]C(C)CCCCCCCCCCCCCCCCCC(C)C. The lowest BCUT2D eigenvalue weighted by molar-refractivity contribution is 0.500. The minimum atomic E-state index is 0.648. The zero-order chi connectivity index (χ0) is 17.2. The topological polar surface area (TPSA) is 0 Å². The molecule has 23 heavy (non-hydrogen) atoms. The summed E-state index contributed by atoms with van der Waals surface area (Å²) in [4.78, 5) is 0. The Morgan fingerprint density at radius 2 is 0.696 bits per heavy atom. The van der Waals surface area contributed by atoms with Crippen LogP contribution in [0.4, 0.5) is 0 Å². The van der Waals surface area contributed by atoms with Gasteiger partial charge >= 0.3 is 0 Å². The van der Waals surface area contributed by atoms with E-state index in [1.807, 2.05) is 0 Å². The Kier molecular flexibility index (Phi) is 18.3. The van der Waals surface area contributed by atoms with Gasteiger partial charge in [-0.3, -0.25) is 0 Å². The molecule has 0 amide bonds. The van der Waals surface area contributed by atoms with Gasteiger partial charge in [-0.05, 0) is 11.8 Å². The Morgan fingerprint density at radius 1 is 0.435 bits per heavy atom. The van der Waals surface area contributed by atoms with Crippen LogP contribution in [0.15, 0.2) is 0 Å². The Labute approximate surface area is 149 Å². The average Bonchev–Trinajstić information content (AvgIpc) is 2.49. The van der Waals surface area contributed by atoms with Crippen molar-refractivity contribution in [3.8, 4) is 0 Å². The largest absolute Gasteiger partial charge is 0.0628 e. The maximum Gasteiger partial charge on any atom is -0.0443 e. The molecule has 0 heterocycles. The van der Waals surface area contributed by atoms with E-state index in [2.05, 4.69) is 27.7 Å². The fourth-order valence-electron chi connectivity index (χ4n) is 3.34. The minimum Gasteiger partial charge on any atom is -0.0628 e. The molecule has 0 fully saturated rings. The fourth-order valence-corrected chi connectivity index (χ4v) is 3.34. The highest BCUT2D eigenvalue weighted by atomic mass is 14.0. The van der Waals surface area contributed by atoms with Crippen molar-refractivity contribution in [3.63, 3.8) is 0 Å². The predicted octanol–water partition coefficient (Wildman–Crippen LogP) is 8.74. The van der Waals surface area contributed by atoms with Gasteiger partial charge in [-0.1, -0.05) is 137 Å². The molecule has 0 N–H and O–H groups in total. The van der Waals surface area contributed by atoms with Gasteiger partial charge in [0.05, 0.1) is 0 Å². The van der Waals surface area contributed by atoms with Crippen molar-refractivity contribution in [1.29, 1.82) is 0 Å². The highest BCUT2D eigenvalue weighted by Gasteiger charge is 1.97. The molecule has 0 aromatic rings. The second kappa shape index (κ2) is 18.3. The maximum absolute atomic E-state index is 4.05. The van der Waals surface area contributed by atoms with E-state index in [9.17, 15) is 0 Å². The lowest BCUT2D eigenvalue weighted by Gasteiger charge is -2.05. The molecule has 0 aliphatic rings. The summed E-state index contributed by atoms with van der Waals surface area (Å²) in [5.41, 5.74) is 0. The minimum absolute atomic E-state index is 0.648. The van der Waals surface area contributed by atoms with E-state index in [1.165, 1.54) is 109 Å². The quantitative estimate of drug-likeness (QED) is 0.221. The molecule has 1 atom stereocenters. The first-order valence-electron chi connectivity index (χ1n) is 11.0. The van der Waals surface area contributed by atoms with Crippen molar-refractivity contribution in [2.24, 2.45) is 11.8 Å². The standard InChI is InChI=1S/C23H47/c1-22(2)20-18-16-14-12-10-8-6-5-7-9-11-13-15-17-19-21-23(3)4/h22-23H,1,5-21H2,2-4H3. The molecule has 1 radical (unpaired) electrons. The molecule has 1 unspecified atom stereocenters. The average molecular weight is 324 g/mol. The zero-order valence-electron chi connectivity index (χ0n) is 16.9. The molecule has 0 aromatic heterocycles. The fraction of sp³-hybridized carbons (Fsp3) is 0.957. The van der Waals surface area contributed by atoms with Crippen molar-refractivity contribution >= 4 is 0 Å². The van der Waals surface area contributed by atoms with Crippen LogP contribution >= 0.6 is 0 Å². The van der Waals surface area contributed by atoms with Gasteiger partial charge in [-0.25, -0.2) is 0 Å². The third kappa shape index (κ3) is 22.0. The zero-order valence-corrected chi connectivity index (χ0v) is 16.9. The van der Waals surface area contributed by atoms with E-state index in [1.54, 1.807) is 0 Å². The van der Waals surface area contributed by atoms with E-state index in [-0.39, 0.29) is 0 Å². The molecule has 0 spiro atoms. The van der Waals surface area contributed by atoms with Gasteiger partial charge in [0, 0.05) is 0 Å². The summed E-state index contributed by atoms with van der Waals surface area (Å²) in [6.07, 6.45) is 24.7. The van der Waals surface area contributed by atoms with Crippen LogP contribution in [0.25, 0.3) is 0 Å². The normalized spacial score (nSPS) is 11.7. The van der Waals surface area contributed by atoms with Gasteiger partial charge in [-0.2, -0.15) is 0 Å².